The highest BCUT2D eigenvalue weighted by molar-refractivity contribution is 7.89. The Hall–Kier alpha value is -3.51. The fourth-order valence-electron chi connectivity index (χ4n) is 4.37. The van der Waals surface area contributed by atoms with Gasteiger partial charge in [-0.15, -0.1) is 5.10 Å². The number of morpholine rings is 1. The van der Waals surface area contributed by atoms with Crippen LogP contribution in [0.2, 0.25) is 0 Å². The van der Waals surface area contributed by atoms with Gasteiger partial charge in [-0.05, 0) is 57.2 Å². The summed E-state index contributed by atoms with van der Waals surface area (Å²) in [6, 6.07) is 18.3. The van der Waals surface area contributed by atoms with Crippen LogP contribution in [0.15, 0.2) is 71.8 Å². The molecule has 0 atom stereocenters. The van der Waals surface area contributed by atoms with E-state index >= 15 is 0 Å². The number of benzene rings is 2. The van der Waals surface area contributed by atoms with Crippen molar-refractivity contribution < 1.29 is 17.9 Å². The number of nitrogens with one attached hydrogen (secondary N) is 2. The molecule has 2 aromatic heterocycles. The molecule has 0 aliphatic carbocycles. The van der Waals surface area contributed by atoms with E-state index in [1.54, 1.807) is 28.9 Å². The monoisotopic (exact) mass is 550 g/mol. The average Bonchev–Trinajstić information content (AvgIpc) is 3.32. The number of hydrogen-bond acceptors (Lipinski definition) is 8. The summed E-state index contributed by atoms with van der Waals surface area (Å²) in [7, 11) is -3.68. The summed E-state index contributed by atoms with van der Waals surface area (Å²) in [6.07, 6.45) is 1.73. The van der Waals surface area contributed by atoms with Crippen molar-refractivity contribution in [2.75, 3.05) is 44.8 Å². The molecule has 3 heterocycles. The van der Waals surface area contributed by atoms with Gasteiger partial charge in [0.05, 0.1) is 35.5 Å². The number of hydrogen-bond donors (Lipinski definition) is 2. The minimum Gasteiger partial charge on any atom is -0.492 e. The number of rotatable bonds is 9. The summed E-state index contributed by atoms with van der Waals surface area (Å²) in [5.74, 6) is 1.17. The first-order valence-electron chi connectivity index (χ1n) is 13.0. The molecule has 0 bridgehead atoms. The second-order valence-electron chi connectivity index (χ2n) is 10.5. The molecule has 0 saturated carbocycles. The van der Waals surface area contributed by atoms with Gasteiger partial charge in [0.15, 0.2) is 0 Å². The van der Waals surface area contributed by atoms with Crippen LogP contribution in [0.5, 0.6) is 5.75 Å². The molecule has 1 fully saturated rings. The van der Waals surface area contributed by atoms with Gasteiger partial charge >= 0.3 is 0 Å². The van der Waals surface area contributed by atoms with Crippen molar-refractivity contribution in [1.82, 2.24) is 24.2 Å². The van der Waals surface area contributed by atoms with Crippen LogP contribution in [-0.4, -0.2) is 72.9 Å². The van der Waals surface area contributed by atoms with E-state index in [0.717, 1.165) is 61.1 Å². The number of aromatic nitrogens is 3. The Kier molecular flexibility index (Phi) is 7.85. The summed E-state index contributed by atoms with van der Waals surface area (Å²) in [5.41, 5.74) is 2.48. The number of anilines is 2. The first-order valence-corrected chi connectivity index (χ1v) is 14.4. The van der Waals surface area contributed by atoms with Crippen LogP contribution in [-0.2, 0) is 14.8 Å². The minimum atomic E-state index is -3.68. The number of nitrogens with zero attached hydrogens (tertiary/aromatic N) is 4. The van der Waals surface area contributed by atoms with Gasteiger partial charge in [0, 0.05) is 42.5 Å². The normalized spacial score (nSPS) is 14.9. The van der Waals surface area contributed by atoms with Crippen molar-refractivity contribution in [2.45, 2.75) is 31.2 Å². The first kappa shape index (κ1) is 27.1. The van der Waals surface area contributed by atoms with E-state index in [1.165, 1.54) is 0 Å². The molecular formula is C28H34N6O4S. The molecule has 2 aromatic carbocycles. The molecule has 10 nitrogen and oxygen atoms in total. The molecule has 11 heteroatoms. The Morgan fingerprint density at radius 2 is 1.82 bits per heavy atom. The van der Waals surface area contributed by atoms with Crippen molar-refractivity contribution in [3.63, 3.8) is 0 Å². The lowest BCUT2D eigenvalue weighted by Crippen LogP contribution is -2.40. The molecule has 1 aliphatic heterocycles. The van der Waals surface area contributed by atoms with Crippen LogP contribution in [0.4, 0.5) is 11.6 Å². The average molecular weight is 551 g/mol. The van der Waals surface area contributed by atoms with Crippen LogP contribution < -0.4 is 14.8 Å². The van der Waals surface area contributed by atoms with Crippen molar-refractivity contribution in [2.24, 2.45) is 0 Å². The van der Waals surface area contributed by atoms with Gasteiger partial charge < -0.3 is 14.8 Å². The van der Waals surface area contributed by atoms with Crippen LogP contribution in [0.25, 0.3) is 16.8 Å². The standard InChI is InChI=1S/C28H34N6O4S/c1-28(2,3)32-39(35,36)25-9-4-6-21(18-25)26-11-10-23-20-29-27(31-34(23)26)30-22-7-5-8-24(19-22)38-17-14-33-12-15-37-16-13-33/h4-11,18-20,32H,12-17H2,1-3H3,(H,30,31). The van der Waals surface area contributed by atoms with E-state index in [9.17, 15) is 8.42 Å². The molecule has 0 unspecified atom stereocenters. The van der Waals surface area contributed by atoms with Gasteiger partial charge in [-0.2, -0.15) is 0 Å². The second kappa shape index (κ2) is 11.3. The first-order chi connectivity index (χ1) is 18.7. The molecule has 5 rings (SSSR count). The van der Waals surface area contributed by atoms with Gasteiger partial charge in [0.2, 0.25) is 16.0 Å². The maximum Gasteiger partial charge on any atom is 0.245 e. The quantitative estimate of drug-likeness (QED) is 0.323. The number of fused-ring (bicyclic) bond motifs is 1. The zero-order valence-electron chi connectivity index (χ0n) is 22.4. The van der Waals surface area contributed by atoms with Crippen LogP contribution >= 0.6 is 0 Å². The van der Waals surface area contributed by atoms with E-state index in [0.29, 0.717) is 12.6 Å². The third-order valence-corrected chi connectivity index (χ3v) is 7.90. The van der Waals surface area contributed by atoms with Crippen LogP contribution in [0, 0.1) is 0 Å². The van der Waals surface area contributed by atoms with E-state index in [4.69, 9.17) is 9.47 Å². The predicted molar refractivity (Wildman–Crippen MR) is 151 cm³/mol. The lowest BCUT2D eigenvalue weighted by Gasteiger charge is -2.26. The lowest BCUT2D eigenvalue weighted by atomic mass is 10.1. The highest BCUT2D eigenvalue weighted by Gasteiger charge is 2.22. The van der Waals surface area contributed by atoms with Gasteiger partial charge in [-0.3, -0.25) is 4.90 Å². The maximum atomic E-state index is 12.9. The topological polar surface area (TPSA) is 110 Å². The lowest BCUT2D eigenvalue weighted by molar-refractivity contribution is 0.0322. The summed E-state index contributed by atoms with van der Waals surface area (Å²) in [6.45, 7) is 10.3. The Morgan fingerprint density at radius 1 is 1.03 bits per heavy atom. The Balaban J connectivity index is 1.32. The molecular weight excluding hydrogens is 516 g/mol. The molecule has 1 saturated heterocycles. The molecule has 206 valence electrons. The molecule has 0 amide bonds. The maximum absolute atomic E-state index is 12.9. The highest BCUT2D eigenvalue weighted by atomic mass is 32.2. The molecule has 2 N–H and O–H groups in total. The zero-order chi connectivity index (χ0) is 27.5. The summed E-state index contributed by atoms with van der Waals surface area (Å²) in [5, 5.41) is 7.93. The van der Waals surface area contributed by atoms with Crippen molar-refractivity contribution >= 4 is 27.2 Å². The van der Waals surface area contributed by atoms with E-state index < -0.39 is 15.6 Å². The molecule has 4 aromatic rings. The van der Waals surface area contributed by atoms with Crippen LogP contribution in [0.3, 0.4) is 0 Å². The Labute approximate surface area is 229 Å². The summed E-state index contributed by atoms with van der Waals surface area (Å²) in [4.78, 5) is 6.98. The van der Waals surface area contributed by atoms with Crippen molar-refractivity contribution in [3.05, 3.63) is 66.9 Å². The highest BCUT2D eigenvalue weighted by Crippen LogP contribution is 2.26. The van der Waals surface area contributed by atoms with E-state index in [2.05, 4.69) is 25.0 Å². The molecule has 39 heavy (non-hydrogen) atoms. The van der Waals surface area contributed by atoms with Gasteiger partial charge in [0.1, 0.15) is 12.4 Å². The fraction of sp³-hybridized carbons (Fsp3) is 0.357. The van der Waals surface area contributed by atoms with Crippen LogP contribution in [0.1, 0.15) is 20.8 Å². The second-order valence-corrected chi connectivity index (χ2v) is 12.2. The molecule has 0 radical (unpaired) electrons. The smallest absolute Gasteiger partial charge is 0.245 e. The fourth-order valence-corrected chi connectivity index (χ4v) is 5.84. The molecule has 0 spiro atoms. The summed E-state index contributed by atoms with van der Waals surface area (Å²) < 4.78 is 41.6. The van der Waals surface area contributed by atoms with Gasteiger partial charge in [-0.25, -0.2) is 22.6 Å². The third-order valence-electron chi connectivity index (χ3n) is 6.15. The Morgan fingerprint density at radius 3 is 2.62 bits per heavy atom. The molecule has 1 aliphatic rings. The van der Waals surface area contributed by atoms with E-state index in [1.807, 2.05) is 63.2 Å². The van der Waals surface area contributed by atoms with Crippen molar-refractivity contribution in [1.29, 1.82) is 0 Å². The van der Waals surface area contributed by atoms with E-state index in [-0.39, 0.29) is 4.90 Å². The number of ether oxygens (including phenoxy) is 2. The summed E-state index contributed by atoms with van der Waals surface area (Å²) >= 11 is 0. The Bertz CT molecular complexity index is 1540. The number of sulfonamides is 1. The zero-order valence-corrected chi connectivity index (χ0v) is 23.2. The van der Waals surface area contributed by atoms with Crippen molar-refractivity contribution in [3.8, 4) is 17.0 Å². The largest absolute Gasteiger partial charge is 0.492 e. The third kappa shape index (κ3) is 6.93. The minimum absolute atomic E-state index is 0.197. The van der Waals surface area contributed by atoms with Gasteiger partial charge in [-0.1, -0.05) is 18.2 Å². The SMILES string of the molecule is CC(C)(C)NS(=O)(=O)c1cccc(-c2ccc3cnc(Nc4cccc(OCCN5CCOCC5)c4)nn23)c1. The van der Waals surface area contributed by atoms with Gasteiger partial charge in [0.25, 0.3) is 0 Å². The predicted octanol–water partition coefficient (Wildman–Crippen LogP) is 3.93.